The molecular weight excluding hydrogens is 402 g/mol. The van der Waals surface area contributed by atoms with E-state index in [0.717, 1.165) is 35.0 Å². The van der Waals surface area contributed by atoms with Crippen molar-refractivity contribution in [2.75, 3.05) is 20.2 Å². The van der Waals surface area contributed by atoms with Gasteiger partial charge in [0.25, 0.3) is 0 Å². The van der Waals surface area contributed by atoms with Crippen molar-refractivity contribution in [1.29, 1.82) is 0 Å². The zero-order chi connectivity index (χ0) is 19.9. The van der Waals surface area contributed by atoms with Gasteiger partial charge in [-0.05, 0) is 66.8 Å². The number of hydrogen-bond donors (Lipinski definition) is 1. The molecule has 0 radical (unpaired) electrons. The van der Waals surface area contributed by atoms with Crippen LogP contribution in [-0.2, 0) is 9.09 Å². The predicted molar refractivity (Wildman–Crippen MR) is 109 cm³/mol. The van der Waals surface area contributed by atoms with Crippen LogP contribution in [0.1, 0.15) is 24.3 Å². The van der Waals surface area contributed by atoms with Crippen molar-refractivity contribution < 1.29 is 18.4 Å². The molecule has 1 aliphatic rings. The molecule has 148 valence electrons. The highest BCUT2D eigenvalue weighted by molar-refractivity contribution is 7.50. The Bertz CT molecular complexity index is 1050. The van der Waals surface area contributed by atoms with Gasteiger partial charge in [0.2, 0.25) is 0 Å². The van der Waals surface area contributed by atoms with Crippen molar-refractivity contribution in [1.82, 2.24) is 9.24 Å². The Morgan fingerprint density at radius 2 is 1.86 bits per heavy atom. The number of benzene rings is 2. The first-order chi connectivity index (χ1) is 13.4. The Morgan fingerprint density at radius 3 is 2.50 bits per heavy atom. The highest BCUT2D eigenvalue weighted by Crippen LogP contribution is 2.49. The summed E-state index contributed by atoms with van der Waals surface area (Å²) in [4.78, 5) is 9.90. The first-order valence-electron chi connectivity index (χ1n) is 9.09. The van der Waals surface area contributed by atoms with Crippen molar-refractivity contribution in [3.8, 4) is 5.69 Å². The molecule has 0 bridgehead atoms. The largest absolute Gasteiger partial charge is 0.405 e. The lowest BCUT2D eigenvalue weighted by molar-refractivity contribution is 0.210. The Hall–Kier alpha value is -1.69. The lowest BCUT2D eigenvalue weighted by Gasteiger charge is -2.33. The van der Waals surface area contributed by atoms with E-state index >= 15 is 0 Å². The maximum atomic E-state index is 13.3. The Kier molecular flexibility index (Phi) is 5.34. The van der Waals surface area contributed by atoms with Crippen LogP contribution in [0, 0.1) is 5.82 Å². The minimum Gasteiger partial charge on any atom is -0.316 e. The van der Waals surface area contributed by atoms with E-state index in [1.807, 2.05) is 22.8 Å². The average Bonchev–Trinajstić information content (AvgIpc) is 3.07. The number of piperidine rings is 1. The monoisotopic (exact) mass is 422 g/mol. The number of nitrogens with zero attached hydrogens (tertiary/aromatic N) is 2. The number of rotatable bonds is 4. The maximum absolute atomic E-state index is 13.3. The van der Waals surface area contributed by atoms with Crippen molar-refractivity contribution in [2.24, 2.45) is 0 Å². The SMILES string of the molecule is COP(=O)(O)N1CCC(c2cn(-c3ccc(F)cc3)c3ccc(Cl)cc23)CC1. The summed E-state index contributed by atoms with van der Waals surface area (Å²) >= 11 is 6.25. The molecular formula is C20H21ClFN2O3P. The van der Waals surface area contributed by atoms with E-state index in [1.165, 1.54) is 23.9 Å². The van der Waals surface area contributed by atoms with Gasteiger partial charge in [-0.15, -0.1) is 0 Å². The first kappa shape index (κ1) is 19.6. The van der Waals surface area contributed by atoms with Crippen LogP contribution in [0.15, 0.2) is 48.7 Å². The summed E-state index contributed by atoms with van der Waals surface area (Å²) in [6.07, 6.45) is 3.55. The molecule has 4 rings (SSSR count). The zero-order valence-electron chi connectivity index (χ0n) is 15.4. The van der Waals surface area contributed by atoms with Crippen LogP contribution in [0.25, 0.3) is 16.6 Å². The molecule has 1 N–H and O–H groups in total. The molecule has 0 saturated carbocycles. The normalized spacial score (nSPS) is 18.4. The average molecular weight is 423 g/mol. The fourth-order valence-corrected chi connectivity index (χ4v) is 5.05. The molecule has 5 nitrogen and oxygen atoms in total. The van der Waals surface area contributed by atoms with E-state index in [-0.39, 0.29) is 11.7 Å². The summed E-state index contributed by atoms with van der Waals surface area (Å²) in [7, 11) is -2.44. The van der Waals surface area contributed by atoms with Crippen LogP contribution in [0.2, 0.25) is 5.02 Å². The lowest BCUT2D eigenvalue weighted by Crippen LogP contribution is -2.30. The van der Waals surface area contributed by atoms with Crippen molar-refractivity contribution in [3.63, 3.8) is 0 Å². The van der Waals surface area contributed by atoms with E-state index in [2.05, 4.69) is 6.20 Å². The van der Waals surface area contributed by atoms with Crippen LogP contribution in [0.4, 0.5) is 4.39 Å². The fraction of sp³-hybridized carbons (Fsp3) is 0.300. The predicted octanol–water partition coefficient (Wildman–Crippen LogP) is 5.35. The summed E-state index contributed by atoms with van der Waals surface area (Å²) in [5.41, 5.74) is 3.02. The third kappa shape index (κ3) is 3.63. The van der Waals surface area contributed by atoms with Gasteiger partial charge >= 0.3 is 7.75 Å². The standard InChI is InChI=1S/C20H21ClFN2O3P/c1-27-28(25,26)23-10-8-14(9-11-23)19-13-24(17-5-3-16(22)4-6-17)20-7-2-15(21)12-18(19)20/h2-7,12-14H,8-11H2,1H3,(H,25,26). The Labute approximate surface area is 167 Å². The van der Waals surface area contributed by atoms with Crippen LogP contribution in [0.5, 0.6) is 0 Å². The molecule has 1 aliphatic heterocycles. The molecule has 0 amide bonds. The molecule has 1 unspecified atom stereocenters. The Morgan fingerprint density at radius 1 is 1.18 bits per heavy atom. The summed E-state index contributed by atoms with van der Waals surface area (Å²) in [5, 5.41) is 1.71. The smallest absolute Gasteiger partial charge is 0.316 e. The third-order valence-corrected chi connectivity index (χ3v) is 7.23. The highest BCUT2D eigenvalue weighted by atomic mass is 35.5. The van der Waals surface area contributed by atoms with E-state index < -0.39 is 7.75 Å². The van der Waals surface area contributed by atoms with E-state index in [9.17, 15) is 13.8 Å². The number of fused-ring (bicyclic) bond motifs is 1. The second-order valence-corrected chi connectivity index (χ2v) is 9.34. The van der Waals surface area contributed by atoms with Crippen molar-refractivity contribution >= 4 is 30.3 Å². The molecule has 3 aromatic rings. The van der Waals surface area contributed by atoms with Crippen molar-refractivity contribution in [2.45, 2.75) is 18.8 Å². The molecule has 0 spiro atoms. The molecule has 28 heavy (non-hydrogen) atoms. The van der Waals surface area contributed by atoms with Gasteiger partial charge in [-0.1, -0.05) is 11.6 Å². The summed E-state index contributed by atoms with van der Waals surface area (Å²) in [6, 6.07) is 12.1. The van der Waals surface area contributed by atoms with Gasteiger partial charge < -0.3 is 14.0 Å². The van der Waals surface area contributed by atoms with E-state index in [1.54, 1.807) is 12.1 Å². The first-order valence-corrected chi connectivity index (χ1v) is 11.0. The molecule has 8 heteroatoms. The second kappa shape index (κ2) is 7.62. The van der Waals surface area contributed by atoms with Crippen LogP contribution in [-0.4, -0.2) is 34.3 Å². The molecule has 1 atom stereocenters. The Balaban J connectivity index is 1.71. The fourth-order valence-electron chi connectivity index (χ4n) is 3.91. The minimum atomic E-state index is -3.70. The van der Waals surface area contributed by atoms with Gasteiger partial charge in [0, 0.05) is 42.5 Å². The van der Waals surface area contributed by atoms with Gasteiger partial charge in [-0.3, -0.25) is 0 Å². The van der Waals surface area contributed by atoms with Gasteiger partial charge in [-0.2, -0.15) is 0 Å². The van der Waals surface area contributed by atoms with Crippen LogP contribution < -0.4 is 0 Å². The quantitative estimate of drug-likeness (QED) is 0.576. The van der Waals surface area contributed by atoms with Gasteiger partial charge in [0.05, 0.1) is 5.52 Å². The number of halogens is 2. The lowest BCUT2D eigenvalue weighted by atomic mass is 9.90. The number of hydrogen-bond acceptors (Lipinski definition) is 2. The van der Waals surface area contributed by atoms with Crippen LogP contribution in [0.3, 0.4) is 0 Å². The summed E-state index contributed by atoms with van der Waals surface area (Å²) < 4.78 is 33.7. The topological polar surface area (TPSA) is 54.7 Å². The molecule has 2 heterocycles. The summed E-state index contributed by atoms with van der Waals surface area (Å²) in [5.74, 6) is -0.0433. The highest BCUT2D eigenvalue weighted by Gasteiger charge is 2.33. The molecule has 1 saturated heterocycles. The van der Waals surface area contributed by atoms with E-state index in [4.69, 9.17) is 16.1 Å². The van der Waals surface area contributed by atoms with Crippen LogP contribution >= 0.6 is 19.3 Å². The van der Waals surface area contributed by atoms with Gasteiger partial charge in [0.15, 0.2) is 0 Å². The zero-order valence-corrected chi connectivity index (χ0v) is 17.0. The maximum Gasteiger partial charge on any atom is 0.405 e. The molecule has 1 aromatic heterocycles. The molecule has 0 aliphatic carbocycles. The van der Waals surface area contributed by atoms with Crippen molar-refractivity contribution in [3.05, 3.63) is 65.1 Å². The van der Waals surface area contributed by atoms with Gasteiger partial charge in [-0.25, -0.2) is 13.6 Å². The number of aromatic nitrogens is 1. The molecule has 2 aromatic carbocycles. The van der Waals surface area contributed by atoms with Gasteiger partial charge in [0.1, 0.15) is 5.82 Å². The second-order valence-electron chi connectivity index (χ2n) is 6.99. The minimum absolute atomic E-state index is 0.232. The molecule has 1 fully saturated rings. The van der Waals surface area contributed by atoms with E-state index in [0.29, 0.717) is 18.1 Å². The third-order valence-electron chi connectivity index (χ3n) is 5.41. The summed E-state index contributed by atoms with van der Waals surface area (Å²) in [6.45, 7) is 0.964.